The average Bonchev–Trinajstić information content (AvgIpc) is 3.22. The smallest absolute Gasteiger partial charge is 0.325 e. The monoisotopic (exact) mass is 555 g/mol. The van der Waals surface area contributed by atoms with Crippen LogP contribution >= 0.6 is 0 Å². The van der Waals surface area contributed by atoms with Crippen LogP contribution in [-0.4, -0.2) is 65.0 Å². The molecule has 1 aliphatic carbocycles. The van der Waals surface area contributed by atoms with Crippen molar-refractivity contribution in [3.8, 4) is 0 Å². The molecule has 1 aromatic carbocycles. The van der Waals surface area contributed by atoms with Gasteiger partial charge in [-0.25, -0.2) is 0 Å². The van der Waals surface area contributed by atoms with Gasteiger partial charge in [-0.2, -0.15) is 0 Å². The number of rotatable bonds is 13. The minimum Gasteiger partial charge on any atom is -0.465 e. The van der Waals surface area contributed by atoms with Gasteiger partial charge in [0.25, 0.3) is 5.91 Å². The predicted octanol–water partition coefficient (Wildman–Crippen LogP) is 4.52. The van der Waals surface area contributed by atoms with Crippen LogP contribution in [0.3, 0.4) is 0 Å². The van der Waals surface area contributed by atoms with Crippen molar-refractivity contribution in [1.29, 1.82) is 0 Å². The summed E-state index contributed by atoms with van der Waals surface area (Å²) in [6, 6.07) is 4.95. The van der Waals surface area contributed by atoms with Crippen molar-refractivity contribution < 1.29 is 29.0 Å². The van der Waals surface area contributed by atoms with E-state index in [1.54, 1.807) is 31.2 Å². The van der Waals surface area contributed by atoms with E-state index in [4.69, 9.17) is 4.74 Å². The third kappa shape index (κ3) is 9.62. The van der Waals surface area contributed by atoms with E-state index in [-0.39, 0.29) is 24.1 Å². The Bertz CT molecular complexity index is 1070. The standard InChI is InChI=1S/C31H45N3O6/c1-6-21(3)18-19-22(4)29(37)28(30(38)32-20-27(36)40-7-2)34(24-14-10-8-9-11-15-24)31(39)25-16-12-13-17-26(25)33-23(5)35/h6,12-13,16-17,24,28-29,37H,4,7-11,14-15,18-20H2,1-3,5H3,(H,32,38)(H,33,35)/b21-6-. The van der Waals surface area contributed by atoms with Gasteiger partial charge in [0.2, 0.25) is 11.8 Å². The summed E-state index contributed by atoms with van der Waals surface area (Å²) >= 11 is 0. The van der Waals surface area contributed by atoms with Crippen molar-refractivity contribution in [1.82, 2.24) is 10.2 Å². The van der Waals surface area contributed by atoms with Crippen molar-refractivity contribution in [2.24, 2.45) is 0 Å². The van der Waals surface area contributed by atoms with Gasteiger partial charge in [0.15, 0.2) is 0 Å². The average molecular weight is 556 g/mol. The number of allylic oxidation sites excluding steroid dienone is 2. The summed E-state index contributed by atoms with van der Waals surface area (Å²) in [6.45, 7) is 10.8. The van der Waals surface area contributed by atoms with Gasteiger partial charge in [0.1, 0.15) is 18.7 Å². The molecule has 1 saturated carbocycles. The Labute approximate surface area is 238 Å². The Hall–Kier alpha value is -3.46. The normalized spacial score (nSPS) is 15.8. The molecule has 2 unspecified atom stereocenters. The Morgan fingerprint density at radius 2 is 1.75 bits per heavy atom. The molecule has 0 spiro atoms. The number of carbonyl (C=O) groups excluding carboxylic acids is 4. The number of para-hydroxylation sites is 1. The maximum absolute atomic E-state index is 14.3. The van der Waals surface area contributed by atoms with Crippen LogP contribution in [0.25, 0.3) is 0 Å². The fourth-order valence-electron chi connectivity index (χ4n) is 4.93. The van der Waals surface area contributed by atoms with Gasteiger partial charge < -0.3 is 25.4 Å². The minimum atomic E-state index is -1.38. The number of anilines is 1. The number of hydrogen-bond donors (Lipinski definition) is 3. The van der Waals surface area contributed by atoms with Crippen molar-refractivity contribution in [2.75, 3.05) is 18.5 Å². The number of esters is 1. The summed E-state index contributed by atoms with van der Waals surface area (Å²) in [6.07, 6.45) is 6.75. The Kier molecular flexibility index (Phi) is 13.6. The SMILES string of the molecule is C=C(CC/C(C)=C\C)C(O)C(C(=O)NCC(=O)OCC)N(C(=O)c1ccccc1NC(C)=O)C1CCCCCC1. The lowest BCUT2D eigenvalue weighted by Gasteiger charge is -2.40. The quantitative estimate of drug-likeness (QED) is 0.187. The third-order valence-corrected chi connectivity index (χ3v) is 7.25. The molecule has 3 N–H and O–H groups in total. The minimum absolute atomic E-state index is 0.161. The van der Waals surface area contributed by atoms with Crippen LogP contribution in [0.4, 0.5) is 5.69 Å². The number of benzene rings is 1. The van der Waals surface area contributed by atoms with E-state index >= 15 is 0 Å². The number of nitrogens with zero attached hydrogens (tertiary/aromatic N) is 1. The molecule has 1 aromatic rings. The second-order valence-electron chi connectivity index (χ2n) is 10.3. The van der Waals surface area contributed by atoms with Crippen molar-refractivity contribution in [2.45, 2.75) is 97.2 Å². The fourth-order valence-corrected chi connectivity index (χ4v) is 4.93. The number of aliphatic hydroxyl groups excluding tert-OH is 1. The van der Waals surface area contributed by atoms with Crippen LogP contribution in [0.2, 0.25) is 0 Å². The van der Waals surface area contributed by atoms with Gasteiger partial charge in [0.05, 0.1) is 17.9 Å². The molecule has 2 atom stereocenters. The van der Waals surface area contributed by atoms with E-state index in [0.717, 1.165) is 31.3 Å². The third-order valence-electron chi connectivity index (χ3n) is 7.25. The van der Waals surface area contributed by atoms with Crippen LogP contribution in [-0.2, 0) is 19.1 Å². The Morgan fingerprint density at radius 3 is 2.35 bits per heavy atom. The van der Waals surface area contributed by atoms with E-state index in [0.29, 0.717) is 36.9 Å². The van der Waals surface area contributed by atoms with Gasteiger partial charge in [0, 0.05) is 13.0 Å². The maximum atomic E-state index is 14.3. The van der Waals surface area contributed by atoms with Gasteiger partial charge in [-0.05, 0) is 64.2 Å². The molecule has 0 aliphatic heterocycles. The Balaban J connectivity index is 2.58. The highest BCUT2D eigenvalue weighted by molar-refractivity contribution is 6.05. The molecule has 0 saturated heterocycles. The highest BCUT2D eigenvalue weighted by Crippen LogP contribution is 2.30. The van der Waals surface area contributed by atoms with Crippen LogP contribution in [0.5, 0.6) is 0 Å². The predicted molar refractivity (Wildman–Crippen MR) is 156 cm³/mol. The topological polar surface area (TPSA) is 125 Å². The molecule has 1 fully saturated rings. The molecule has 3 amide bonds. The first kappa shape index (κ1) is 32.8. The van der Waals surface area contributed by atoms with E-state index in [1.807, 2.05) is 19.9 Å². The lowest BCUT2D eigenvalue weighted by Crippen LogP contribution is -2.59. The van der Waals surface area contributed by atoms with Gasteiger partial charge in [-0.3, -0.25) is 19.2 Å². The summed E-state index contributed by atoms with van der Waals surface area (Å²) in [5, 5.41) is 16.9. The largest absolute Gasteiger partial charge is 0.465 e. The zero-order chi connectivity index (χ0) is 29.7. The van der Waals surface area contributed by atoms with Crippen molar-refractivity contribution in [3.05, 3.63) is 53.6 Å². The maximum Gasteiger partial charge on any atom is 0.325 e. The molecule has 2 rings (SSSR count). The first-order chi connectivity index (χ1) is 19.1. The number of nitrogens with one attached hydrogen (secondary N) is 2. The van der Waals surface area contributed by atoms with E-state index in [2.05, 4.69) is 17.2 Å². The lowest BCUT2D eigenvalue weighted by molar-refractivity contribution is -0.144. The second-order valence-corrected chi connectivity index (χ2v) is 10.3. The molecule has 1 aliphatic rings. The molecule has 9 heteroatoms. The van der Waals surface area contributed by atoms with Gasteiger partial charge in [-0.15, -0.1) is 0 Å². The first-order valence-corrected chi connectivity index (χ1v) is 14.2. The molecule has 0 bridgehead atoms. The van der Waals surface area contributed by atoms with Gasteiger partial charge >= 0.3 is 5.97 Å². The number of carbonyl (C=O) groups is 4. The zero-order valence-electron chi connectivity index (χ0n) is 24.3. The number of amides is 3. The zero-order valence-corrected chi connectivity index (χ0v) is 24.3. The summed E-state index contributed by atoms with van der Waals surface area (Å²) in [4.78, 5) is 53.5. The van der Waals surface area contributed by atoms with Crippen LogP contribution in [0.15, 0.2) is 48.1 Å². The lowest BCUT2D eigenvalue weighted by atomic mass is 9.92. The summed E-state index contributed by atoms with van der Waals surface area (Å²) in [5.74, 6) is -2.10. The molecule has 0 radical (unpaired) electrons. The van der Waals surface area contributed by atoms with Crippen LogP contribution in [0.1, 0.15) is 89.4 Å². The van der Waals surface area contributed by atoms with E-state index < -0.39 is 36.5 Å². The number of hydrogen-bond acceptors (Lipinski definition) is 6. The van der Waals surface area contributed by atoms with Crippen molar-refractivity contribution >= 4 is 29.4 Å². The van der Waals surface area contributed by atoms with Crippen LogP contribution in [0, 0.1) is 0 Å². The molecule has 220 valence electrons. The highest BCUT2D eigenvalue weighted by Gasteiger charge is 2.41. The van der Waals surface area contributed by atoms with Gasteiger partial charge in [-0.1, -0.05) is 56.0 Å². The fraction of sp³-hybridized carbons (Fsp3) is 0.548. The van der Waals surface area contributed by atoms with E-state index in [1.165, 1.54) is 11.8 Å². The van der Waals surface area contributed by atoms with Crippen LogP contribution < -0.4 is 10.6 Å². The summed E-state index contributed by atoms with van der Waals surface area (Å²) in [7, 11) is 0. The highest BCUT2D eigenvalue weighted by atomic mass is 16.5. The number of ether oxygens (including phenoxy) is 1. The Morgan fingerprint density at radius 1 is 1.10 bits per heavy atom. The molecular weight excluding hydrogens is 510 g/mol. The van der Waals surface area contributed by atoms with Crippen molar-refractivity contribution in [3.63, 3.8) is 0 Å². The molecule has 40 heavy (non-hydrogen) atoms. The van der Waals surface area contributed by atoms with E-state index in [9.17, 15) is 24.3 Å². The summed E-state index contributed by atoms with van der Waals surface area (Å²) < 4.78 is 4.96. The number of aliphatic hydroxyl groups is 1. The molecule has 9 nitrogen and oxygen atoms in total. The molecule has 0 aromatic heterocycles. The second kappa shape index (κ2) is 16.6. The molecular formula is C31H45N3O6. The first-order valence-electron chi connectivity index (χ1n) is 14.2. The summed E-state index contributed by atoms with van der Waals surface area (Å²) in [5.41, 5.74) is 2.06. The molecule has 0 heterocycles.